The summed E-state index contributed by atoms with van der Waals surface area (Å²) in [7, 11) is 0. The predicted molar refractivity (Wildman–Crippen MR) is 80.6 cm³/mol. The number of aliphatic hydroxyl groups excluding tert-OH is 1. The van der Waals surface area contributed by atoms with Crippen molar-refractivity contribution in [3.8, 4) is 0 Å². The maximum Gasteiger partial charge on any atom is 0.142 e. The molecule has 1 saturated heterocycles. The van der Waals surface area contributed by atoms with Crippen LogP contribution in [-0.2, 0) is 6.42 Å². The standard InChI is InChI=1S/C16H23ClFNO/c1-3-16(2,19-9-4-5-10-19)14(20)11-12-7-6-8-13(18)15(12)17/h6-8,14,20H,3-5,9-11H2,1-2H3. The fourth-order valence-electron chi connectivity index (χ4n) is 3.03. The van der Waals surface area contributed by atoms with E-state index in [4.69, 9.17) is 11.6 Å². The normalized spacial score (nSPS) is 20.9. The second-order valence-corrected chi connectivity index (χ2v) is 6.22. The van der Waals surface area contributed by atoms with Gasteiger partial charge in [-0.3, -0.25) is 4.90 Å². The molecule has 1 heterocycles. The highest BCUT2D eigenvalue weighted by molar-refractivity contribution is 6.31. The van der Waals surface area contributed by atoms with Crippen molar-refractivity contribution in [1.29, 1.82) is 0 Å². The molecule has 112 valence electrons. The van der Waals surface area contributed by atoms with Crippen LogP contribution in [0.25, 0.3) is 0 Å². The first kappa shape index (κ1) is 15.7. The van der Waals surface area contributed by atoms with Gasteiger partial charge in [0.2, 0.25) is 0 Å². The first-order valence-electron chi connectivity index (χ1n) is 7.35. The van der Waals surface area contributed by atoms with Gasteiger partial charge in [-0.1, -0.05) is 30.7 Å². The highest BCUT2D eigenvalue weighted by Crippen LogP contribution is 2.31. The van der Waals surface area contributed by atoms with Crippen LogP contribution in [0.3, 0.4) is 0 Å². The number of benzene rings is 1. The third kappa shape index (κ3) is 3.00. The second kappa shape index (κ2) is 6.42. The zero-order valence-corrected chi connectivity index (χ0v) is 13.0. The Morgan fingerprint density at radius 2 is 2.05 bits per heavy atom. The SMILES string of the molecule is CCC(C)(C(O)Cc1cccc(F)c1Cl)N1CCCC1. The van der Waals surface area contributed by atoms with Crippen molar-refractivity contribution in [1.82, 2.24) is 4.90 Å². The molecule has 0 spiro atoms. The molecular formula is C16H23ClFNO. The molecule has 0 radical (unpaired) electrons. The van der Waals surface area contributed by atoms with Crippen LogP contribution < -0.4 is 0 Å². The molecule has 1 aliphatic heterocycles. The maximum atomic E-state index is 13.5. The third-order valence-corrected chi connectivity index (χ3v) is 5.13. The lowest BCUT2D eigenvalue weighted by molar-refractivity contribution is -0.0117. The quantitative estimate of drug-likeness (QED) is 0.897. The molecule has 1 N–H and O–H groups in total. The van der Waals surface area contributed by atoms with Gasteiger partial charge in [0, 0.05) is 12.0 Å². The maximum absolute atomic E-state index is 13.5. The van der Waals surface area contributed by atoms with Crippen LogP contribution in [0.1, 0.15) is 38.7 Å². The summed E-state index contributed by atoms with van der Waals surface area (Å²) in [5.41, 5.74) is 0.407. The average Bonchev–Trinajstić information content (AvgIpc) is 2.97. The lowest BCUT2D eigenvalue weighted by atomic mass is 9.86. The fraction of sp³-hybridized carbons (Fsp3) is 0.625. The van der Waals surface area contributed by atoms with E-state index in [0.29, 0.717) is 12.0 Å². The highest BCUT2D eigenvalue weighted by Gasteiger charge is 2.38. The van der Waals surface area contributed by atoms with Crippen molar-refractivity contribution < 1.29 is 9.50 Å². The molecule has 1 aliphatic rings. The Bertz CT molecular complexity index is 462. The lowest BCUT2D eigenvalue weighted by Gasteiger charge is -2.42. The first-order chi connectivity index (χ1) is 9.49. The number of halogens is 2. The Labute approximate surface area is 125 Å². The topological polar surface area (TPSA) is 23.5 Å². The summed E-state index contributed by atoms with van der Waals surface area (Å²) in [5.74, 6) is -0.421. The molecule has 0 saturated carbocycles. The summed E-state index contributed by atoms with van der Waals surface area (Å²) in [4.78, 5) is 2.35. The largest absolute Gasteiger partial charge is 0.391 e. The number of rotatable bonds is 5. The summed E-state index contributed by atoms with van der Waals surface area (Å²) < 4.78 is 13.5. The van der Waals surface area contributed by atoms with E-state index in [1.54, 1.807) is 12.1 Å². The Balaban J connectivity index is 2.16. The molecule has 0 amide bonds. The van der Waals surface area contributed by atoms with Crippen LogP contribution in [0, 0.1) is 5.82 Å². The van der Waals surface area contributed by atoms with Crippen molar-refractivity contribution in [2.24, 2.45) is 0 Å². The molecule has 1 aromatic rings. The summed E-state index contributed by atoms with van der Waals surface area (Å²) in [6.07, 6.45) is 3.06. The number of nitrogens with zero attached hydrogens (tertiary/aromatic N) is 1. The zero-order chi connectivity index (χ0) is 14.8. The van der Waals surface area contributed by atoms with E-state index in [1.807, 2.05) is 0 Å². The van der Waals surface area contributed by atoms with E-state index in [2.05, 4.69) is 18.7 Å². The minimum atomic E-state index is -0.551. The smallest absolute Gasteiger partial charge is 0.142 e. The van der Waals surface area contributed by atoms with Gasteiger partial charge in [0.25, 0.3) is 0 Å². The molecule has 2 nitrogen and oxygen atoms in total. The molecule has 2 atom stereocenters. The number of aliphatic hydroxyl groups is 1. The molecule has 1 fully saturated rings. The van der Waals surface area contributed by atoms with Crippen molar-refractivity contribution in [2.75, 3.05) is 13.1 Å². The fourth-order valence-corrected chi connectivity index (χ4v) is 3.24. The molecule has 0 aromatic heterocycles. The van der Waals surface area contributed by atoms with E-state index in [9.17, 15) is 9.50 Å². The van der Waals surface area contributed by atoms with E-state index < -0.39 is 11.9 Å². The minimum absolute atomic E-state index is 0.131. The van der Waals surface area contributed by atoms with Crippen LogP contribution in [-0.4, -0.2) is 34.7 Å². The third-order valence-electron chi connectivity index (χ3n) is 4.71. The van der Waals surface area contributed by atoms with Gasteiger partial charge in [0.05, 0.1) is 11.1 Å². The van der Waals surface area contributed by atoms with E-state index in [0.717, 1.165) is 19.5 Å². The monoisotopic (exact) mass is 299 g/mol. The second-order valence-electron chi connectivity index (χ2n) is 5.84. The molecule has 1 aromatic carbocycles. The highest BCUT2D eigenvalue weighted by atomic mass is 35.5. The number of hydrogen-bond acceptors (Lipinski definition) is 2. The predicted octanol–water partition coefficient (Wildman–Crippen LogP) is 3.65. The Morgan fingerprint density at radius 1 is 1.40 bits per heavy atom. The van der Waals surface area contributed by atoms with Crippen LogP contribution in [0.4, 0.5) is 4.39 Å². The zero-order valence-electron chi connectivity index (χ0n) is 12.2. The Morgan fingerprint density at radius 3 is 2.65 bits per heavy atom. The Kier molecular flexibility index (Phi) is 5.05. The van der Waals surface area contributed by atoms with Crippen LogP contribution >= 0.6 is 11.6 Å². The number of likely N-dealkylation sites (tertiary alicyclic amines) is 1. The van der Waals surface area contributed by atoms with Crippen LogP contribution in [0.15, 0.2) is 18.2 Å². The van der Waals surface area contributed by atoms with Crippen molar-refractivity contribution in [2.45, 2.75) is 51.2 Å². The van der Waals surface area contributed by atoms with Crippen molar-refractivity contribution in [3.63, 3.8) is 0 Å². The Hall–Kier alpha value is -0.640. The summed E-state index contributed by atoms with van der Waals surface area (Å²) in [6, 6.07) is 4.77. The van der Waals surface area contributed by atoms with Gasteiger partial charge < -0.3 is 5.11 Å². The molecule has 4 heteroatoms. The van der Waals surface area contributed by atoms with Crippen LogP contribution in [0.2, 0.25) is 5.02 Å². The van der Waals surface area contributed by atoms with Gasteiger partial charge >= 0.3 is 0 Å². The van der Waals surface area contributed by atoms with E-state index in [1.165, 1.54) is 18.9 Å². The van der Waals surface area contributed by atoms with Crippen LogP contribution in [0.5, 0.6) is 0 Å². The molecule has 0 aliphatic carbocycles. The van der Waals surface area contributed by atoms with Crippen molar-refractivity contribution >= 4 is 11.6 Å². The van der Waals surface area contributed by atoms with Gasteiger partial charge in [-0.25, -0.2) is 4.39 Å². The summed E-state index contributed by atoms with van der Waals surface area (Å²) >= 11 is 5.99. The van der Waals surface area contributed by atoms with Gasteiger partial charge in [-0.05, 0) is 50.9 Å². The van der Waals surface area contributed by atoms with Gasteiger partial charge in [-0.2, -0.15) is 0 Å². The van der Waals surface area contributed by atoms with Crippen molar-refractivity contribution in [3.05, 3.63) is 34.6 Å². The molecule has 2 rings (SSSR count). The van der Waals surface area contributed by atoms with Gasteiger partial charge in [0.1, 0.15) is 5.82 Å². The molecule has 0 bridgehead atoms. The van der Waals surface area contributed by atoms with Gasteiger partial charge in [0.15, 0.2) is 0 Å². The minimum Gasteiger partial charge on any atom is -0.391 e. The summed E-state index contributed by atoms with van der Waals surface area (Å²) in [5, 5.41) is 10.8. The molecular weight excluding hydrogens is 277 g/mol. The average molecular weight is 300 g/mol. The first-order valence-corrected chi connectivity index (χ1v) is 7.73. The van der Waals surface area contributed by atoms with E-state index >= 15 is 0 Å². The lowest BCUT2D eigenvalue weighted by Crippen LogP contribution is -2.53. The number of hydrogen-bond donors (Lipinski definition) is 1. The molecule has 2 unspecified atom stereocenters. The van der Waals surface area contributed by atoms with Gasteiger partial charge in [-0.15, -0.1) is 0 Å². The summed E-state index contributed by atoms with van der Waals surface area (Å²) in [6.45, 7) is 6.24. The van der Waals surface area contributed by atoms with E-state index in [-0.39, 0.29) is 10.6 Å². The molecule has 20 heavy (non-hydrogen) atoms.